The van der Waals surface area contributed by atoms with Crippen molar-refractivity contribution in [3.05, 3.63) is 0 Å². The minimum atomic E-state index is -0.00133. The number of nitrogens with zero attached hydrogens (tertiary/aromatic N) is 1. The van der Waals surface area contributed by atoms with E-state index in [1.54, 1.807) is 0 Å². The molecule has 3 fully saturated rings. The molecule has 2 saturated heterocycles. The van der Waals surface area contributed by atoms with Gasteiger partial charge in [0.05, 0.1) is 6.04 Å². The van der Waals surface area contributed by atoms with Crippen LogP contribution in [0.2, 0.25) is 0 Å². The molecule has 5 heteroatoms. The first kappa shape index (κ1) is 16.7. The minimum absolute atomic E-state index is 0.00133. The molecule has 0 aromatic rings. The third-order valence-electron chi connectivity index (χ3n) is 5.73. The smallest absolute Gasteiger partial charge is 0.237 e. The van der Waals surface area contributed by atoms with Crippen LogP contribution in [0.25, 0.3) is 0 Å². The van der Waals surface area contributed by atoms with Crippen LogP contribution in [0.15, 0.2) is 0 Å². The molecule has 0 radical (unpaired) electrons. The van der Waals surface area contributed by atoms with E-state index < -0.39 is 0 Å². The number of amides is 2. The average Bonchev–Trinajstić information content (AvgIpc) is 3.15. The highest BCUT2D eigenvalue weighted by molar-refractivity contribution is 5.82. The predicted octanol–water partition coefficient (Wildman–Crippen LogP) is 1.67. The summed E-state index contributed by atoms with van der Waals surface area (Å²) in [5, 5.41) is 6.33. The van der Waals surface area contributed by atoms with Gasteiger partial charge in [-0.1, -0.05) is 19.3 Å². The molecule has 0 aromatic carbocycles. The Morgan fingerprint density at radius 1 is 1.00 bits per heavy atom. The number of hydrogen-bond donors (Lipinski definition) is 2. The van der Waals surface area contributed by atoms with Crippen LogP contribution >= 0.6 is 0 Å². The van der Waals surface area contributed by atoms with Crippen LogP contribution in [0.3, 0.4) is 0 Å². The lowest BCUT2D eigenvalue weighted by atomic mass is 9.87. The Morgan fingerprint density at radius 3 is 2.57 bits per heavy atom. The maximum atomic E-state index is 12.7. The molecule has 5 nitrogen and oxygen atoms in total. The van der Waals surface area contributed by atoms with Crippen molar-refractivity contribution in [1.82, 2.24) is 15.5 Å². The number of hydrogen-bond acceptors (Lipinski definition) is 3. The Morgan fingerprint density at radius 2 is 1.83 bits per heavy atom. The summed E-state index contributed by atoms with van der Waals surface area (Å²) >= 11 is 0. The van der Waals surface area contributed by atoms with Crippen molar-refractivity contribution in [3.8, 4) is 0 Å². The van der Waals surface area contributed by atoms with Gasteiger partial charge in [0.2, 0.25) is 11.8 Å². The summed E-state index contributed by atoms with van der Waals surface area (Å²) in [7, 11) is 0. The number of rotatable bonds is 4. The number of carbonyl (C=O) groups is 2. The van der Waals surface area contributed by atoms with Gasteiger partial charge in [0, 0.05) is 25.6 Å². The summed E-state index contributed by atoms with van der Waals surface area (Å²) in [5.74, 6) is 1.19. The maximum absolute atomic E-state index is 12.7. The van der Waals surface area contributed by atoms with Crippen LogP contribution in [-0.4, -0.2) is 48.9 Å². The second kappa shape index (κ2) is 8.13. The van der Waals surface area contributed by atoms with E-state index in [0.29, 0.717) is 18.4 Å². The monoisotopic (exact) mass is 321 g/mol. The highest BCUT2D eigenvalue weighted by Gasteiger charge is 2.30. The van der Waals surface area contributed by atoms with Crippen molar-refractivity contribution in [1.29, 1.82) is 0 Å². The van der Waals surface area contributed by atoms with E-state index >= 15 is 0 Å². The Hall–Kier alpha value is -1.10. The van der Waals surface area contributed by atoms with Gasteiger partial charge in [0.25, 0.3) is 0 Å². The van der Waals surface area contributed by atoms with E-state index in [1.165, 1.54) is 19.3 Å². The molecule has 3 aliphatic rings. The summed E-state index contributed by atoms with van der Waals surface area (Å²) in [6, 6.07) is -0.00133. The molecule has 2 amide bonds. The zero-order chi connectivity index (χ0) is 16.1. The van der Waals surface area contributed by atoms with Gasteiger partial charge >= 0.3 is 0 Å². The molecule has 23 heavy (non-hydrogen) atoms. The number of nitrogens with one attached hydrogen (secondary N) is 2. The molecule has 0 bridgehead atoms. The quantitative estimate of drug-likeness (QED) is 0.828. The first-order chi connectivity index (χ1) is 11.2. The van der Waals surface area contributed by atoms with E-state index in [-0.39, 0.29) is 17.9 Å². The van der Waals surface area contributed by atoms with Crippen molar-refractivity contribution >= 4 is 11.8 Å². The Balaban J connectivity index is 1.44. The fourth-order valence-electron chi connectivity index (χ4n) is 4.32. The average molecular weight is 321 g/mol. The van der Waals surface area contributed by atoms with Gasteiger partial charge in [-0.2, -0.15) is 0 Å². The van der Waals surface area contributed by atoms with Gasteiger partial charge in [0.1, 0.15) is 0 Å². The maximum Gasteiger partial charge on any atom is 0.237 e. The molecule has 2 unspecified atom stereocenters. The van der Waals surface area contributed by atoms with E-state index in [0.717, 1.165) is 58.2 Å². The molecule has 2 N–H and O–H groups in total. The standard InChI is InChI=1S/C18H31N3O2/c22-17(16-9-4-10-19-16)20-12-14-6-5-11-21(13-14)18(23)15-7-2-1-3-8-15/h14-16,19H,1-13H2,(H,20,22). The zero-order valence-electron chi connectivity index (χ0n) is 14.2. The minimum Gasteiger partial charge on any atom is -0.354 e. The lowest BCUT2D eigenvalue weighted by Crippen LogP contribution is -2.48. The third kappa shape index (κ3) is 4.46. The van der Waals surface area contributed by atoms with Gasteiger partial charge < -0.3 is 15.5 Å². The summed E-state index contributed by atoms with van der Waals surface area (Å²) in [5.41, 5.74) is 0. The van der Waals surface area contributed by atoms with Crippen molar-refractivity contribution in [2.24, 2.45) is 11.8 Å². The van der Waals surface area contributed by atoms with Crippen molar-refractivity contribution < 1.29 is 9.59 Å². The lowest BCUT2D eigenvalue weighted by molar-refractivity contribution is -0.138. The Bertz CT molecular complexity index is 414. The highest BCUT2D eigenvalue weighted by atomic mass is 16.2. The molecule has 2 atom stereocenters. The van der Waals surface area contributed by atoms with E-state index in [4.69, 9.17) is 0 Å². The molecular formula is C18H31N3O2. The van der Waals surface area contributed by atoms with Gasteiger partial charge in [-0.25, -0.2) is 0 Å². The van der Waals surface area contributed by atoms with Crippen LogP contribution in [-0.2, 0) is 9.59 Å². The van der Waals surface area contributed by atoms with Crippen LogP contribution in [0.4, 0.5) is 0 Å². The summed E-state index contributed by atoms with van der Waals surface area (Å²) in [6.07, 6.45) is 10.1. The van der Waals surface area contributed by atoms with Crippen LogP contribution in [0, 0.1) is 11.8 Å². The second-order valence-corrected chi connectivity index (χ2v) is 7.52. The molecule has 2 heterocycles. The predicted molar refractivity (Wildman–Crippen MR) is 89.9 cm³/mol. The first-order valence-corrected chi connectivity index (χ1v) is 9.54. The van der Waals surface area contributed by atoms with E-state index in [2.05, 4.69) is 15.5 Å². The van der Waals surface area contributed by atoms with Crippen LogP contribution in [0.1, 0.15) is 57.8 Å². The number of likely N-dealkylation sites (tertiary alicyclic amines) is 1. The molecule has 2 aliphatic heterocycles. The SMILES string of the molecule is O=C(NCC1CCCN(C(=O)C2CCCCC2)C1)C1CCCN1. The normalized spacial score (nSPS) is 29.5. The van der Waals surface area contributed by atoms with Crippen molar-refractivity contribution in [2.75, 3.05) is 26.2 Å². The summed E-state index contributed by atoms with van der Waals surface area (Å²) in [4.78, 5) is 26.8. The topological polar surface area (TPSA) is 61.4 Å². The molecule has 130 valence electrons. The highest BCUT2D eigenvalue weighted by Crippen LogP contribution is 2.27. The molecule has 1 aliphatic carbocycles. The molecule has 1 saturated carbocycles. The fourth-order valence-corrected chi connectivity index (χ4v) is 4.32. The zero-order valence-corrected chi connectivity index (χ0v) is 14.2. The van der Waals surface area contributed by atoms with E-state index in [9.17, 15) is 9.59 Å². The Kier molecular flexibility index (Phi) is 5.92. The van der Waals surface area contributed by atoms with Gasteiger partial charge in [-0.05, 0) is 51.0 Å². The van der Waals surface area contributed by atoms with Gasteiger partial charge in [0.15, 0.2) is 0 Å². The molecule has 0 spiro atoms. The summed E-state index contributed by atoms with van der Waals surface area (Å²) in [6.45, 7) is 3.40. The van der Waals surface area contributed by atoms with Crippen LogP contribution in [0.5, 0.6) is 0 Å². The second-order valence-electron chi connectivity index (χ2n) is 7.52. The van der Waals surface area contributed by atoms with E-state index in [1.807, 2.05) is 0 Å². The van der Waals surface area contributed by atoms with Gasteiger partial charge in [-0.15, -0.1) is 0 Å². The third-order valence-corrected chi connectivity index (χ3v) is 5.73. The van der Waals surface area contributed by atoms with Crippen LogP contribution < -0.4 is 10.6 Å². The van der Waals surface area contributed by atoms with Crippen molar-refractivity contribution in [2.45, 2.75) is 63.8 Å². The molecule has 0 aromatic heterocycles. The number of piperidine rings is 1. The Labute approximate surface area is 139 Å². The molecular weight excluding hydrogens is 290 g/mol. The molecule has 3 rings (SSSR count). The first-order valence-electron chi connectivity index (χ1n) is 9.54. The van der Waals surface area contributed by atoms with Crippen molar-refractivity contribution in [3.63, 3.8) is 0 Å². The lowest BCUT2D eigenvalue weighted by Gasteiger charge is -2.36. The largest absolute Gasteiger partial charge is 0.354 e. The number of carbonyl (C=O) groups excluding carboxylic acids is 2. The fraction of sp³-hybridized carbons (Fsp3) is 0.889. The van der Waals surface area contributed by atoms with Gasteiger partial charge in [-0.3, -0.25) is 9.59 Å². The summed E-state index contributed by atoms with van der Waals surface area (Å²) < 4.78 is 0.